The van der Waals surface area contributed by atoms with Crippen LogP contribution in [0.5, 0.6) is 5.75 Å². The van der Waals surface area contributed by atoms with E-state index in [4.69, 9.17) is 15.2 Å². The van der Waals surface area contributed by atoms with Crippen molar-refractivity contribution in [1.82, 2.24) is 0 Å². The minimum Gasteiger partial charge on any atom is -0.495 e. The molecule has 3 aromatic carbocycles. The van der Waals surface area contributed by atoms with Crippen LogP contribution in [0.3, 0.4) is 0 Å². The van der Waals surface area contributed by atoms with Gasteiger partial charge in [0.15, 0.2) is 0 Å². The molecule has 3 rings (SSSR count). The molecule has 36 heavy (non-hydrogen) atoms. The molecule has 0 heterocycles. The molecule has 0 spiro atoms. The summed E-state index contributed by atoms with van der Waals surface area (Å²) in [4.78, 5) is 50.0. The van der Waals surface area contributed by atoms with Gasteiger partial charge >= 0.3 is 5.97 Å². The molecule has 0 saturated carbocycles. The Balaban J connectivity index is 1.90. The maximum Gasteiger partial charge on any atom is 0.339 e. The number of nitro benzene ring substituents is 1. The molecule has 0 saturated heterocycles. The summed E-state index contributed by atoms with van der Waals surface area (Å²) in [6, 6.07) is 13.3. The van der Waals surface area contributed by atoms with Gasteiger partial charge in [0.2, 0.25) is 0 Å². The third kappa shape index (κ3) is 5.09. The number of para-hydroxylation sites is 1. The van der Waals surface area contributed by atoms with Gasteiger partial charge in [0, 0.05) is 18.7 Å². The molecule has 0 aromatic heterocycles. The maximum absolute atomic E-state index is 13.2. The number of esters is 1. The molecule has 0 radical (unpaired) electrons. The summed E-state index contributed by atoms with van der Waals surface area (Å²) >= 11 is 0. The van der Waals surface area contributed by atoms with Gasteiger partial charge < -0.3 is 25.4 Å². The molecule has 3 N–H and O–H groups in total. The van der Waals surface area contributed by atoms with Gasteiger partial charge in [-0.2, -0.15) is 0 Å². The SMILES string of the molecule is COC(=O)c1cc(C)ccc1N(C)C(=O)c1ccc(NC(=O)c2cccc([N+](=O)[O-])c2N)c(OC)c1. The molecule has 11 nitrogen and oxygen atoms in total. The largest absolute Gasteiger partial charge is 0.495 e. The number of hydrogen-bond donors (Lipinski definition) is 2. The predicted molar refractivity (Wildman–Crippen MR) is 134 cm³/mol. The zero-order valence-corrected chi connectivity index (χ0v) is 20.0. The maximum atomic E-state index is 13.2. The molecule has 0 aliphatic heterocycles. The van der Waals surface area contributed by atoms with Crippen molar-refractivity contribution in [3.8, 4) is 5.75 Å². The van der Waals surface area contributed by atoms with E-state index < -0.39 is 22.7 Å². The van der Waals surface area contributed by atoms with Crippen LogP contribution < -0.4 is 20.7 Å². The summed E-state index contributed by atoms with van der Waals surface area (Å²) in [6.07, 6.45) is 0. The lowest BCUT2D eigenvalue weighted by molar-refractivity contribution is -0.383. The highest BCUT2D eigenvalue weighted by molar-refractivity contribution is 6.11. The fourth-order valence-corrected chi connectivity index (χ4v) is 3.55. The molecule has 0 fully saturated rings. The standard InChI is InChI=1S/C25H24N4O7/c1-14-8-11-19(17(12-14)25(32)36-4)28(2)24(31)15-9-10-18(21(13-15)35-3)27-23(30)16-6-5-7-20(22(16)26)29(33)34/h5-13H,26H2,1-4H3,(H,27,30). The second-order valence-corrected chi connectivity index (χ2v) is 7.74. The highest BCUT2D eigenvalue weighted by Crippen LogP contribution is 2.30. The number of carbonyl (C=O) groups excluding carboxylic acids is 3. The van der Waals surface area contributed by atoms with Crippen LogP contribution in [0.4, 0.5) is 22.7 Å². The van der Waals surface area contributed by atoms with E-state index >= 15 is 0 Å². The number of methoxy groups -OCH3 is 2. The van der Waals surface area contributed by atoms with Crippen molar-refractivity contribution in [3.05, 3.63) is 87.0 Å². The molecular formula is C25H24N4O7. The van der Waals surface area contributed by atoms with Crippen molar-refractivity contribution in [2.75, 3.05) is 37.2 Å². The molecular weight excluding hydrogens is 468 g/mol. The van der Waals surface area contributed by atoms with Crippen molar-refractivity contribution in [2.45, 2.75) is 6.92 Å². The molecule has 3 aromatic rings. The van der Waals surface area contributed by atoms with Gasteiger partial charge in [0.05, 0.1) is 41.6 Å². The number of benzene rings is 3. The van der Waals surface area contributed by atoms with Gasteiger partial charge in [-0.15, -0.1) is 0 Å². The van der Waals surface area contributed by atoms with Crippen molar-refractivity contribution < 1.29 is 28.8 Å². The summed E-state index contributed by atoms with van der Waals surface area (Å²) in [5.41, 5.74) is 6.91. The smallest absolute Gasteiger partial charge is 0.339 e. The monoisotopic (exact) mass is 492 g/mol. The van der Waals surface area contributed by atoms with Gasteiger partial charge in [-0.3, -0.25) is 19.7 Å². The van der Waals surface area contributed by atoms with Gasteiger partial charge in [0.25, 0.3) is 17.5 Å². The topological polar surface area (TPSA) is 154 Å². The fraction of sp³-hybridized carbons (Fsp3) is 0.160. The highest BCUT2D eigenvalue weighted by Gasteiger charge is 2.23. The molecule has 0 bridgehead atoms. The lowest BCUT2D eigenvalue weighted by atomic mass is 10.1. The lowest BCUT2D eigenvalue weighted by Gasteiger charge is -2.21. The Morgan fingerprint density at radius 3 is 2.39 bits per heavy atom. The third-order valence-corrected chi connectivity index (χ3v) is 5.44. The third-order valence-electron chi connectivity index (χ3n) is 5.44. The van der Waals surface area contributed by atoms with Crippen molar-refractivity contribution in [1.29, 1.82) is 0 Å². The summed E-state index contributed by atoms with van der Waals surface area (Å²) in [5, 5.41) is 13.7. The Morgan fingerprint density at radius 2 is 1.75 bits per heavy atom. The molecule has 11 heteroatoms. The summed E-state index contributed by atoms with van der Waals surface area (Å²) in [6.45, 7) is 1.82. The summed E-state index contributed by atoms with van der Waals surface area (Å²) in [7, 11) is 4.14. The molecule has 0 aliphatic carbocycles. The van der Waals surface area contributed by atoms with Crippen LogP contribution in [0.1, 0.15) is 36.6 Å². The number of hydrogen-bond acceptors (Lipinski definition) is 8. The molecule has 2 amide bonds. The van der Waals surface area contributed by atoms with E-state index in [9.17, 15) is 24.5 Å². The van der Waals surface area contributed by atoms with Crippen LogP contribution in [0, 0.1) is 17.0 Å². The summed E-state index contributed by atoms with van der Waals surface area (Å²) in [5.74, 6) is -1.54. The first-order valence-electron chi connectivity index (χ1n) is 10.6. The van der Waals surface area contributed by atoms with Crippen LogP contribution in [0.2, 0.25) is 0 Å². The van der Waals surface area contributed by atoms with Crippen LogP contribution in [-0.4, -0.2) is 44.0 Å². The van der Waals surface area contributed by atoms with E-state index in [2.05, 4.69) is 5.32 Å². The summed E-state index contributed by atoms with van der Waals surface area (Å²) < 4.78 is 10.2. The first-order valence-corrected chi connectivity index (χ1v) is 10.6. The number of nitrogens with two attached hydrogens (primary N) is 1. The lowest BCUT2D eigenvalue weighted by Crippen LogP contribution is -2.28. The molecule has 186 valence electrons. The minimum absolute atomic E-state index is 0.0825. The zero-order valence-electron chi connectivity index (χ0n) is 20.0. The van der Waals surface area contributed by atoms with Gasteiger partial charge in [-0.05, 0) is 43.3 Å². The van der Waals surface area contributed by atoms with Crippen molar-refractivity contribution in [2.24, 2.45) is 0 Å². The van der Waals surface area contributed by atoms with Crippen LogP contribution in [0.25, 0.3) is 0 Å². The highest BCUT2D eigenvalue weighted by atomic mass is 16.6. The molecule has 0 aliphatic rings. The number of carbonyl (C=O) groups is 3. The Kier molecular flexibility index (Phi) is 7.53. The van der Waals surface area contributed by atoms with E-state index in [1.165, 1.54) is 62.6 Å². The normalized spacial score (nSPS) is 10.3. The second kappa shape index (κ2) is 10.6. The number of amides is 2. The number of nitrogens with one attached hydrogen (secondary N) is 1. The Bertz CT molecular complexity index is 1370. The number of ether oxygens (including phenoxy) is 2. The van der Waals surface area contributed by atoms with E-state index in [0.717, 1.165) is 5.56 Å². The number of nitrogens with zero attached hydrogens (tertiary/aromatic N) is 2. The predicted octanol–water partition coefficient (Wildman–Crippen LogP) is 3.81. The fourth-order valence-electron chi connectivity index (χ4n) is 3.55. The van der Waals surface area contributed by atoms with Crippen molar-refractivity contribution >= 4 is 40.5 Å². The average Bonchev–Trinajstić information content (AvgIpc) is 2.87. The van der Waals surface area contributed by atoms with Crippen LogP contribution in [-0.2, 0) is 4.74 Å². The quantitative estimate of drug-likeness (QED) is 0.218. The average molecular weight is 492 g/mol. The van der Waals surface area contributed by atoms with Gasteiger partial charge in [0.1, 0.15) is 11.4 Å². The first kappa shape index (κ1) is 25.7. The number of nitro groups is 1. The minimum atomic E-state index is -0.687. The second-order valence-electron chi connectivity index (χ2n) is 7.74. The van der Waals surface area contributed by atoms with E-state index in [1.807, 2.05) is 6.92 Å². The number of nitrogen functional groups attached to an aromatic ring is 1. The Morgan fingerprint density at radius 1 is 1.03 bits per heavy atom. The zero-order chi connectivity index (χ0) is 26.6. The number of aryl methyl sites for hydroxylation is 1. The van der Waals surface area contributed by atoms with Crippen molar-refractivity contribution in [3.63, 3.8) is 0 Å². The van der Waals surface area contributed by atoms with E-state index in [0.29, 0.717) is 5.69 Å². The first-order chi connectivity index (χ1) is 17.1. The number of anilines is 3. The molecule has 0 atom stereocenters. The number of rotatable bonds is 7. The van der Waals surface area contributed by atoms with Crippen LogP contribution >= 0.6 is 0 Å². The Labute approximate surface area is 206 Å². The van der Waals surface area contributed by atoms with Gasteiger partial charge in [-0.1, -0.05) is 17.7 Å². The van der Waals surface area contributed by atoms with E-state index in [-0.39, 0.29) is 39.5 Å². The Hall–Kier alpha value is -4.93. The van der Waals surface area contributed by atoms with Gasteiger partial charge in [-0.25, -0.2) is 4.79 Å². The van der Waals surface area contributed by atoms with E-state index in [1.54, 1.807) is 18.2 Å². The molecule has 0 unspecified atom stereocenters. The van der Waals surface area contributed by atoms with Crippen LogP contribution in [0.15, 0.2) is 54.6 Å².